The predicted molar refractivity (Wildman–Crippen MR) is 66.8 cm³/mol. The maximum atomic E-state index is 5.51. The molecule has 0 saturated carbocycles. The first kappa shape index (κ1) is 12.4. The summed E-state index contributed by atoms with van der Waals surface area (Å²) in [6.45, 7) is 8.90. The molecule has 2 rings (SSSR count). The van der Waals surface area contributed by atoms with Gasteiger partial charge in [0.05, 0.1) is 6.61 Å². The average molecular weight is 412 g/mol. The molecule has 0 spiro atoms. The van der Waals surface area contributed by atoms with Crippen molar-refractivity contribution in [2.24, 2.45) is 5.41 Å². The summed E-state index contributed by atoms with van der Waals surface area (Å²) in [6, 6.07) is 0. The van der Waals surface area contributed by atoms with E-state index in [0.29, 0.717) is 6.61 Å². The molecule has 0 aromatic carbocycles. The molecule has 2 heterocycles. The summed E-state index contributed by atoms with van der Waals surface area (Å²) in [7, 11) is 0. The molecule has 0 bridgehead atoms. The first-order chi connectivity index (χ1) is 5.91. The van der Waals surface area contributed by atoms with Gasteiger partial charge in [0.2, 0.25) is 5.79 Å². The van der Waals surface area contributed by atoms with Crippen molar-refractivity contribution in [3.63, 3.8) is 0 Å². The summed E-state index contributed by atoms with van der Waals surface area (Å²) >= 11 is 4.24. The normalized spacial score (nSPS) is 45.7. The molecular formula is C8H14I2O3. The molecule has 2 saturated heterocycles. The lowest BCUT2D eigenvalue weighted by molar-refractivity contribution is -0.590. The molecule has 2 atom stereocenters. The number of fused-ring (bicyclic) bond motifs is 1. The van der Waals surface area contributed by atoms with Crippen LogP contribution in [-0.4, -0.2) is 18.0 Å². The van der Waals surface area contributed by atoms with E-state index in [-0.39, 0.29) is 11.0 Å². The van der Waals surface area contributed by atoms with Gasteiger partial charge in [-0.1, -0.05) is 13.8 Å². The van der Waals surface area contributed by atoms with Crippen LogP contribution < -0.4 is 0 Å². The zero-order valence-corrected chi connectivity index (χ0v) is 12.5. The minimum absolute atomic E-state index is 0.0417. The van der Waals surface area contributed by atoms with Crippen molar-refractivity contribution in [2.45, 2.75) is 39.1 Å². The summed E-state index contributed by atoms with van der Waals surface area (Å²) in [5.41, 5.74) is -0.236. The van der Waals surface area contributed by atoms with Gasteiger partial charge in [-0.05, 0) is 13.8 Å². The van der Waals surface area contributed by atoms with Crippen molar-refractivity contribution in [3.8, 4) is 0 Å². The molecule has 78 valence electrons. The Morgan fingerprint density at radius 1 is 1.00 bits per heavy atom. The molecule has 0 aliphatic carbocycles. The Morgan fingerprint density at radius 2 is 1.54 bits per heavy atom. The third-order valence-electron chi connectivity index (χ3n) is 3.23. The van der Waals surface area contributed by atoms with Gasteiger partial charge in [0.25, 0.3) is 0 Å². The maximum Gasteiger partial charge on any atom is 0.231 e. The molecule has 5 heteroatoms. The van der Waals surface area contributed by atoms with Gasteiger partial charge in [-0.3, -0.25) is 0 Å². The first-order valence-corrected chi connectivity index (χ1v) is 10.3. The smallest absolute Gasteiger partial charge is 0.231 e. The lowest BCUT2D eigenvalue weighted by Gasteiger charge is -2.51. The summed E-state index contributed by atoms with van der Waals surface area (Å²) in [4.78, 5) is 10.1. The fourth-order valence-electron chi connectivity index (χ4n) is 1.63. The van der Waals surface area contributed by atoms with Gasteiger partial charge in [-0.25, -0.2) is 4.89 Å². The quantitative estimate of drug-likeness (QED) is 0.452. The van der Waals surface area contributed by atoms with E-state index in [2.05, 4.69) is 51.1 Å². The van der Waals surface area contributed by atoms with Crippen LogP contribution in [-0.2, 0) is 14.5 Å². The Morgan fingerprint density at radius 3 is 1.69 bits per heavy atom. The highest BCUT2D eigenvalue weighted by Crippen LogP contribution is 2.57. The van der Waals surface area contributed by atoms with Crippen LogP contribution in [0.2, 0.25) is 0 Å². The van der Waals surface area contributed by atoms with Crippen LogP contribution in [0.3, 0.4) is 0 Å². The van der Waals surface area contributed by atoms with Crippen molar-refractivity contribution < 1.29 is 14.5 Å². The standard InChI is InChI=1S/C8H14O3.I2/c1-6(2)5-9-8(4)7(6,3)10-11-8;1-2/h5H2,1-4H3;. The van der Waals surface area contributed by atoms with E-state index in [1.165, 1.54) is 0 Å². The van der Waals surface area contributed by atoms with Crippen LogP contribution in [0, 0.1) is 5.41 Å². The minimum Gasteiger partial charge on any atom is -0.345 e. The zero-order chi connectivity index (χ0) is 10.3. The predicted octanol–water partition coefficient (Wildman–Crippen LogP) is 3.25. The van der Waals surface area contributed by atoms with Gasteiger partial charge < -0.3 is 4.74 Å². The molecule has 0 N–H and O–H groups in total. The number of ether oxygens (including phenoxy) is 1. The second-order valence-electron chi connectivity index (χ2n) is 4.32. The molecule has 0 amide bonds. The molecule has 13 heavy (non-hydrogen) atoms. The monoisotopic (exact) mass is 412 g/mol. The van der Waals surface area contributed by atoms with E-state index in [0.717, 1.165) is 0 Å². The second kappa shape index (κ2) is 3.73. The van der Waals surface area contributed by atoms with Crippen LogP contribution in [0.25, 0.3) is 0 Å². The molecule has 2 unspecified atom stereocenters. The van der Waals surface area contributed by atoms with E-state index in [9.17, 15) is 0 Å². The van der Waals surface area contributed by atoms with Crippen molar-refractivity contribution in [3.05, 3.63) is 0 Å². The number of rotatable bonds is 0. The van der Waals surface area contributed by atoms with Gasteiger partial charge >= 0.3 is 0 Å². The fraction of sp³-hybridized carbons (Fsp3) is 1.00. The van der Waals surface area contributed by atoms with Crippen molar-refractivity contribution in [2.75, 3.05) is 6.61 Å². The van der Waals surface area contributed by atoms with Crippen molar-refractivity contribution >= 4 is 37.2 Å². The van der Waals surface area contributed by atoms with Crippen molar-refractivity contribution in [1.82, 2.24) is 0 Å². The Labute approximate surface area is 102 Å². The highest BCUT2D eigenvalue weighted by molar-refractivity contribution is 15.0. The number of halogens is 2. The van der Waals surface area contributed by atoms with E-state index >= 15 is 0 Å². The van der Waals surface area contributed by atoms with Gasteiger partial charge in [-0.2, -0.15) is 4.89 Å². The summed E-state index contributed by atoms with van der Waals surface area (Å²) < 4.78 is 5.51. The first-order valence-electron chi connectivity index (χ1n) is 4.06. The number of hydrogen-bond acceptors (Lipinski definition) is 3. The Bertz CT molecular complexity index is 196. The molecule has 0 radical (unpaired) electrons. The van der Waals surface area contributed by atoms with E-state index in [4.69, 9.17) is 14.5 Å². The second-order valence-corrected chi connectivity index (χ2v) is 4.32. The lowest BCUT2D eigenvalue weighted by Crippen LogP contribution is -2.65. The van der Waals surface area contributed by atoms with Crippen LogP contribution in [0.1, 0.15) is 27.7 Å². The third kappa shape index (κ3) is 1.54. The molecule has 2 aliphatic rings. The minimum atomic E-state index is -0.517. The molecular weight excluding hydrogens is 398 g/mol. The van der Waals surface area contributed by atoms with Gasteiger partial charge in [0.15, 0.2) is 5.60 Å². The van der Waals surface area contributed by atoms with Crippen molar-refractivity contribution in [1.29, 1.82) is 0 Å². The zero-order valence-electron chi connectivity index (χ0n) is 8.19. The lowest BCUT2D eigenvalue weighted by atomic mass is 9.73. The highest BCUT2D eigenvalue weighted by Gasteiger charge is 2.71. The molecule has 0 aromatic heterocycles. The summed E-state index contributed by atoms with van der Waals surface area (Å²) in [5.74, 6) is -0.517. The Kier molecular flexibility index (Phi) is 3.56. The van der Waals surface area contributed by atoms with Gasteiger partial charge in [0, 0.05) is 42.6 Å². The van der Waals surface area contributed by atoms with Gasteiger partial charge in [0.1, 0.15) is 0 Å². The topological polar surface area (TPSA) is 27.7 Å². The fourth-order valence-corrected chi connectivity index (χ4v) is 1.63. The van der Waals surface area contributed by atoms with Crippen LogP contribution in [0.15, 0.2) is 0 Å². The summed E-state index contributed by atoms with van der Waals surface area (Å²) in [6.07, 6.45) is 0. The van der Waals surface area contributed by atoms with Crippen LogP contribution >= 0.6 is 37.2 Å². The van der Waals surface area contributed by atoms with E-state index in [1.54, 1.807) is 0 Å². The third-order valence-corrected chi connectivity index (χ3v) is 3.23. The molecule has 0 aromatic rings. The molecule has 3 nitrogen and oxygen atoms in total. The maximum absolute atomic E-state index is 5.51. The molecule has 2 aliphatic heterocycles. The van der Waals surface area contributed by atoms with Gasteiger partial charge in [-0.15, -0.1) is 0 Å². The average Bonchev–Trinajstić information content (AvgIpc) is 2.23. The van der Waals surface area contributed by atoms with E-state index < -0.39 is 5.79 Å². The number of hydrogen-bond donors (Lipinski definition) is 0. The largest absolute Gasteiger partial charge is 0.345 e. The SMILES string of the molecule is CC1(C)COC2(C)OOC12C.II. The van der Waals surface area contributed by atoms with Crippen LogP contribution in [0.5, 0.6) is 0 Å². The Hall–Kier alpha value is 1.34. The Balaban J connectivity index is 0.000000396. The van der Waals surface area contributed by atoms with Crippen LogP contribution in [0.4, 0.5) is 0 Å². The molecule has 2 fully saturated rings. The highest BCUT2D eigenvalue weighted by atomic mass is 128. The summed E-state index contributed by atoms with van der Waals surface area (Å²) in [5, 5.41) is 0. The van der Waals surface area contributed by atoms with E-state index in [1.807, 2.05) is 13.8 Å².